The number of amides is 1. The number of aromatic nitrogens is 3. The Kier molecular flexibility index (Phi) is 5.11. The number of hydrogen-bond donors (Lipinski definition) is 3. The minimum Gasteiger partial charge on any atom is -0.469 e. The summed E-state index contributed by atoms with van der Waals surface area (Å²) in [4.78, 5) is 31.9. The SMILES string of the molecule is COC(=O)CCNC(=O)c1ccn2cc(-c3ccc(C(=N)N)cc3)nc2n1. The molecule has 3 aromatic rings. The molecular formula is C18H18N6O3. The molecule has 0 saturated heterocycles. The molecule has 138 valence electrons. The summed E-state index contributed by atoms with van der Waals surface area (Å²) >= 11 is 0. The summed E-state index contributed by atoms with van der Waals surface area (Å²) < 4.78 is 6.23. The molecule has 0 bridgehead atoms. The van der Waals surface area contributed by atoms with E-state index < -0.39 is 11.9 Å². The molecule has 2 heterocycles. The minimum absolute atomic E-state index is 0.000992. The number of nitrogens with zero attached hydrogens (tertiary/aromatic N) is 3. The Morgan fingerprint density at radius 2 is 1.96 bits per heavy atom. The lowest BCUT2D eigenvalue weighted by Gasteiger charge is -2.03. The molecule has 0 atom stereocenters. The predicted octanol–water partition coefficient (Wildman–Crippen LogP) is 0.973. The second-order valence-electron chi connectivity index (χ2n) is 5.72. The number of hydrogen-bond acceptors (Lipinski definition) is 6. The molecule has 27 heavy (non-hydrogen) atoms. The van der Waals surface area contributed by atoms with E-state index >= 15 is 0 Å². The first-order valence-corrected chi connectivity index (χ1v) is 8.13. The number of carbonyl (C=O) groups is 2. The van der Waals surface area contributed by atoms with Gasteiger partial charge in [0.2, 0.25) is 5.78 Å². The van der Waals surface area contributed by atoms with Crippen LogP contribution >= 0.6 is 0 Å². The molecule has 0 aliphatic heterocycles. The highest BCUT2D eigenvalue weighted by molar-refractivity contribution is 5.95. The van der Waals surface area contributed by atoms with Crippen LogP contribution in [0.1, 0.15) is 22.5 Å². The van der Waals surface area contributed by atoms with Gasteiger partial charge in [0.25, 0.3) is 5.91 Å². The predicted molar refractivity (Wildman–Crippen MR) is 98.4 cm³/mol. The van der Waals surface area contributed by atoms with E-state index in [1.54, 1.807) is 35.0 Å². The monoisotopic (exact) mass is 366 g/mol. The van der Waals surface area contributed by atoms with Crippen LogP contribution in [0.2, 0.25) is 0 Å². The van der Waals surface area contributed by atoms with E-state index in [0.717, 1.165) is 5.56 Å². The fraction of sp³-hybridized carbons (Fsp3) is 0.167. The van der Waals surface area contributed by atoms with Gasteiger partial charge >= 0.3 is 5.97 Å². The minimum atomic E-state index is -0.396. The molecule has 0 fully saturated rings. The number of nitrogen functional groups attached to an aromatic ring is 1. The number of esters is 1. The standard InChI is InChI=1S/C18H18N6O3/c1-27-15(25)6-8-21-17(26)13-7-9-24-10-14(23-18(24)22-13)11-2-4-12(5-3-11)16(19)20/h2-5,7,9-10H,6,8H2,1H3,(H3,19,20)(H,21,26). The quantitative estimate of drug-likeness (QED) is 0.338. The molecule has 2 aromatic heterocycles. The molecule has 0 aliphatic carbocycles. The van der Waals surface area contributed by atoms with E-state index in [1.807, 2.05) is 12.1 Å². The number of methoxy groups -OCH3 is 1. The maximum atomic E-state index is 12.1. The van der Waals surface area contributed by atoms with Gasteiger partial charge in [0.1, 0.15) is 11.5 Å². The molecule has 0 spiro atoms. The zero-order valence-electron chi connectivity index (χ0n) is 14.6. The molecule has 4 N–H and O–H groups in total. The lowest BCUT2D eigenvalue weighted by Crippen LogP contribution is -2.27. The fourth-order valence-corrected chi connectivity index (χ4v) is 2.43. The van der Waals surface area contributed by atoms with Crippen molar-refractivity contribution in [2.45, 2.75) is 6.42 Å². The number of amidine groups is 1. The number of nitrogens with one attached hydrogen (secondary N) is 2. The molecule has 3 rings (SSSR count). The van der Waals surface area contributed by atoms with Crippen molar-refractivity contribution in [2.24, 2.45) is 5.73 Å². The third-order valence-corrected chi connectivity index (χ3v) is 3.89. The van der Waals surface area contributed by atoms with Crippen molar-refractivity contribution >= 4 is 23.5 Å². The van der Waals surface area contributed by atoms with Crippen LogP contribution in [0, 0.1) is 5.41 Å². The van der Waals surface area contributed by atoms with Crippen LogP contribution in [0.3, 0.4) is 0 Å². The maximum absolute atomic E-state index is 12.1. The first kappa shape index (κ1) is 18.1. The molecule has 0 aliphatic rings. The van der Waals surface area contributed by atoms with Gasteiger partial charge in [-0.3, -0.25) is 19.4 Å². The number of benzene rings is 1. The molecule has 1 aromatic carbocycles. The van der Waals surface area contributed by atoms with Crippen LogP contribution in [-0.4, -0.2) is 45.7 Å². The topological polar surface area (TPSA) is 135 Å². The fourth-order valence-electron chi connectivity index (χ4n) is 2.43. The van der Waals surface area contributed by atoms with Crippen LogP contribution in [-0.2, 0) is 9.53 Å². The average molecular weight is 366 g/mol. The van der Waals surface area contributed by atoms with Crippen LogP contribution in [0.25, 0.3) is 17.0 Å². The van der Waals surface area contributed by atoms with E-state index in [0.29, 0.717) is 17.0 Å². The van der Waals surface area contributed by atoms with Crippen molar-refractivity contribution in [1.29, 1.82) is 5.41 Å². The smallest absolute Gasteiger partial charge is 0.307 e. The van der Waals surface area contributed by atoms with Crippen LogP contribution in [0.15, 0.2) is 42.7 Å². The molecule has 0 unspecified atom stereocenters. The van der Waals surface area contributed by atoms with Crippen LogP contribution in [0.4, 0.5) is 0 Å². The van der Waals surface area contributed by atoms with Gasteiger partial charge in [0, 0.05) is 30.1 Å². The lowest BCUT2D eigenvalue weighted by atomic mass is 10.1. The van der Waals surface area contributed by atoms with Gasteiger partial charge in [-0.05, 0) is 6.07 Å². The van der Waals surface area contributed by atoms with Crippen molar-refractivity contribution < 1.29 is 14.3 Å². The van der Waals surface area contributed by atoms with Crippen LogP contribution in [0.5, 0.6) is 0 Å². The Morgan fingerprint density at radius 3 is 2.63 bits per heavy atom. The molecule has 1 amide bonds. The number of rotatable bonds is 6. The number of fused-ring (bicyclic) bond motifs is 1. The Bertz CT molecular complexity index is 1010. The van der Waals surface area contributed by atoms with E-state index in [-0.39, 0.29) is 24.5 Å². The summed E-state index contributed by atoms with van der Waals surface area (Å²) in [6.07, 6.45) is 3.58. The number of carbonyl (C=O) groups excluding carboxylic acids is 2. The summed E-state index contributed by atoms with van der Waals surface area (Å²) in [6.45, 7) is 0.167. The summed E-state index contributed by atoms with van der Waals surface area (Å²) in [5.74, 6) is -0.411. The Balaban J connectivity index is 1.77. The Morgan fingerprint density at radius 1 is 1.22 bits per heavy atom. The van der Waals surface area contributed by atoms with Gasteiger partial charge in [0.05, 0.1) is 19.2 Å². The highest BCUT2D eigenvalue weighted by Crippen LogP contribution is 2.19. The average Bonchev–Trinajstić information content (AvgIpc) is 3.11. The van der Waals surface area contributed by atoms with Crippen molar-refractivity contribution in [3.8, 4) is 11.3 Å². The third-order valence-electron chi connectivity index (χ3n) is 3.89. The van der Waals surface area contributed by atoms with Gasteiger partial charge in [-0.15, -0.1) is 0 Å². The second-order valence-corrected chi connectivity index (χ2v) is 5.72. The second kappa shape index (κ2) is 7.65. The molecule has 0 saturated carbocycles. The summed E-state index contributed by atoms with van der Waals surface area (Å²) in [5.41, 5.74) is 7.82. The van der Waals surface area contributed by atoms with E-state index in [4.69, 9.17) is 11.1 Å². The van der Waals surface area contributed by atoms with Crippen molar-refractivity contribution in [3.05, 3.63) is 54.0 Å². The van der Waals surface area contributed by atoms with Crippen molar-refractivity contribution in [2.75, 3.05) is 13.7 Å². The molecular weight excluding hydrogens is 348 g/mol. The van der Waals surface area contributed by atoms with Crippen molar-refractivity contribution in [3.63, 3.8) is 0 Å². The van der Waals surface area contributed by atoms with Gasteiger partial charge in [-0.2, -0.15) is 0 Å². The Labute approximate surface area is 154 Å². The number of ether oxygens (including phenoxy) is 1. The van der Waals surface area contributed by atoms with Gasteiger partial charge < -0.3 is 15.8 Å². The van der Waals surface area contributed by atoms with E-state index in [9.17, 15) is 9.59 Å². The zero-order valence-corrected chi connectivity index (χ0v) is 14.6. The van der Waals surface area contributed by atoms with E-state index in [1.165, 1.54) is 7.11 Å². The zero-order chi connectivity index (χ0) is 19.4. The van der Waals surface area contributed by atoms with Crippen molar-refractivity contribution in [1.82, 2.24) is 19.7 Å². The van der Waals surface area contributed by atoms with E-state index in [2.05, 4.69) is 20.0 Å². The highest BCUT2D eigenvalue weighted by Gasteiger charge is 2.12. The molecule has 9 nitrogen and oxygen atoms in total. The largest absolute Gasteiger partial charge is 0.469 e. The first-order chi connectivity index (χ1) is 13.0. The lowest BCUT2D eigenvalue weighted by molar-refractivity contribution is -0.140. The summed E-state index contributed by atoms with van der Waals surface area (Å²) in [7, 11) is 1.29. The Hall–Kier alpha value is -3.75. The summed E-state index contributed by atoms with van der Waals surface area (Å²) in [5, 5.41) is 10.0. The normalized spacial score (nSPS) is 10.6. The van der Waals surface area contributed by atoms with Gasteiger partial charge in [-0.25, -0.2) is 9.97 Å². The molecule has 9 heteroatoms. The van der Waals surface area contributed by atoms with Crippen LogP contribution < -0.4 is 11.1 Å². The highest BCUT2D eigenvalue weighted by atomic mass is 16.5. The summed E-state index contributed by atoms with van der Waals surface area (Å²) in [6, 6.07) is 8.70. The third kappa shape index (κ3) is 4.09. The number of nitrogens with two attached hydrogens (primary N) is 1. The maximum Gasteiger partial charge on any atom is 0.307 e. The number of imidazole rings is 1. The first-order valence-electron chi connectivity index (χ1n) is 8.13. The van der Waals surface area contributed by atoms with Gasteiger partial charge in [-0.1, -0.05) is 24.3 Å². The molecule has 0 radical (unpaired) electrons. The van der Waals surface area contributed by atoms with Gasteiger partial charge in [0.15, 0.2) is 0 Å².